The molecule has 1 N–H and O–H groups in total. The van der Waals surface area contributed by atoms with Gasteiger partial charge in [-0.1, -0.05) is 42.5 Å². The predicted molar refractivity (Wildman–Crippen MR) is 73.5 cm³/mol. The van der Waals surface area contributed by atoms with Crippen molar-refractivity contribution in [2.45, 2.75) is 26.0 Å². The maximum Gasteiger partial charge on any atom is 0.119 e. The normalized spacial score (nSPS) is 12.1. The number of benzene rings is 2. The van der Waals surface area contributed by atoms with Gasteiger partial charge in [-0.15, -0.1) is 0 Å². The van der Waals surface area contributed by atoms with Gasteiger partial charge in [-0.3, -0.25) is 5.73 Å². The molecule has 0 aliphatic rings. The third-order valence-corrected chi connectivity index (χ3v) is 2.71. The number of ether oxygens (including phenoxy) is 1. The van der Waals surface area contributed by atoms with Gasteiger partial charge < -0.3 is 4.74 Å². The fourth-order valence-electron chi connectivity index (χ4n) is 1.82. The van der Waals surface area contributed by atoms with E-state index >= 15 is 0 Å². The highest BCUT2D eigenvalue weighted by atomic mass is 16.5. The second kappa shape index (κ2) is 6.22. The summed E-state index contributed by atoms with van der Waals surface area (Å²) >= 11 is 0. The largest absolute Gasteiger partial charge is 0.489 e. The van der Waals surface area contributed by atoms with E-state index in [0.29, 0.717) is 6.61 Å². The van der Waals surface area contributed by atoms with E-state index in [1.54, 1.807) is 0 Å². The fourth-order valence-corrected chi connectivity index (χ4v) is 1.82. The minimum atomic E-state index is -0.0545. The molecular weight excluding hydrogens is 222 g/mol. The van der Waals surface area contributed by atoms with Gasteiger partial charge in [0.05, 0.1) is 0 Å². The fraction of sp³-hybridized carbons (Fsp3) is 0.250. The smallest absolute Gasteiger partial charge is 0.119 e. The lowest BCUT2D eigenvalue weighted by atomic mass is 10.1. The van der Waals surface area contributed by atoms with Crippen LogP contribution in [-0.2, 0) is 13.0 Å². The Labute approximate surface area is 108 Å². The number of hydrogen-bond acceptors (Lipinski definition) is 1. The molecule has 0 aromatic heterocycles. The second-order valence-electron chi connectivity index (χ2n) is 4.52. The summed E-state index contributed by atoms with van der Waals surface area (Å²) in [4.78, 5) is 0. The zero-order valence-corrected chi connectivity index (χ0v) is 10.6. The van der Waals surface area contributed by atoms with Crippen LogP contribution < -0.4 is 10.5 Å². The van der Waals surface area contributed by atoms with Gasteiger partial charge in [0.25, 0.3) is 0 Å². The van der Waals surface area contributed by atoms with Crippen LogP contribution >= 0.6 is 0 Å². The summed E-state index contributed by atoms with van der Waals surface area (Å²) in [6.45, 7) is 2.49. The van der Waals surface area contributed by atoms with Crippen LogP contribution in [0.1, 0.15) is 18.1 Å². The second-order valence-corrected chi connectivity index (χ2v) is 4.52. The van der Waals surface area contributed by atoms with Crippen molar-refractivity contribution < 1.29 is 4.74 Å². The molecule has 2 nitrogen and oxygen atoms in total. The van der Waals surface area contributed by atoms with Gasteiger partial charge in [-0.25, -0.2) is 0 Å². The molecule has 2 rings (SSSR count). The molecule has 1 radical (unpaired) electrons. The Morgan fingerprint density at radius 1 is 0.944 bits per heavy atom. The Morgan fingerprint density at radius 3 is 2.22 bits per heavy atom. The van der Waals surface area contributed by atoms with E-state index in [9.17, 15) is 0 Å². The van der Waals surface area contributed by atoms with Gasteiger partial charge >= 0.3 is 0 Å². The Balaban J connectivity index is 1.90. The van der Waals surface area contributed by atoms with Gasteiger partial charge in [0.15, 0.2) is 0 Å². The lowest BCUT2D eigenvalue weighted by Gasteiger charge is -2.08. The summed E-state index contributed by atoms with van der Waals surface area (Å²) in [6.07, 6.45) is 0.791. The molecule has 2 heteroatoms. The zero-order chi connectivity index (χ0) is 12.8. The van der Waals surface area contributed by atoms with Gasteiger partial charge in [-0.2, -0.15) is 0 Å². The molecule has 2 aromatic carbocycles. The van der Waals surface area contributed by atoms with Crippen molar-refractivity contribution in [1.29, 1.82) is 0 Å². The van der Waals surface area contributed by atoms with Gasteiger partial charge in [0.1, 0.15) is 12.4 Å². The van der Waals surface area contributed by atoms with E-state index in [1.165, 1.54) is 11.1 Å². The van der Waals surface area contributed by atoms with Crippen LogP contribution in [0.15, 0.2) is 54.6 Å². The molecule has 0 fully saturated rings. The van der Waals surface area contributed by atoms with Crippen LogP contribution in [0.2, 0.25) is 0 Å². The molecule has 0 aliphatic carbocycles. The summed E-state index contributed by atoms with van der Waals surface area (Å²) in [7, 11) is 0. The minimum Gasteiger partial charge on any atom is -0.489 e. The van der Waals surface area contributed by atoms with Crippen molar-refractivity contribution in [3.63, 3.8) is 0 Å². The van der Waals surface area contributed by atoms with Gasteiger partial charge in [0.2, 0.25) is 0 Å². The monoisotopic (exact) mass is 240 g/mol. The van der Waals surface area contributed by atoms with E-state index < -0.39 is 0 Å². The minimum absolute atomic E-state index is 0.0545. The maximum atomic E-state index is 7.53. The molecule has 93 valence electrons. The number of hydrogen-bond donors (Lipinski definition) is 0. The van der Waals surface area contributed by atoms with E-state index in [1.807, 2.05) is 49.4 Å². The van der Waals surface area contributed by atoms with E-state index in [4.69, 9.17) is 10.5 Å². The molecule has 18 heavy (non-hydrogen) atoms. The molecule has 0 heterocycles. The average molecular weight is 240 g/mol. The summed E-state index contributed by atoms with van der Waals surface area (Å²) in [5.41, 5.74) is 9.88. The molecule has 0 spiro atoms. The first-order valence-electron chi connectivity index (χ1n) is 6.21. The highest BCUT2D eigenvalue weighted by molar-refractivity contribution is 5.28. The SMILES string of the molecule is C[C@@H]([NH])Cc1ccc(OCc2ccccc2)cc1. The first-order valence-corrected chi connectivity index (χ1v) is 6.21. The van der Waals surface area contributed by atoms with E-state index in [-0.39, 0.29) is 6.04 Å². The molecule has 0 amide bonds. The average Bonchev–Trinajstić information content (AvgIpc) is 2.38. The molecule has 0 bridgehead atoms. The molecule has 0 aliphatic heterocycles. The summed E-state index contributed by atoms with van der Waals surface area (Å²) in [5, 5.41) is 0. The van der Waals surface area contributed by atoms with Crippen LogP contribution in [0.25, 0.3) is 0 Å². The van der Waals surface area contributed by atoms with Crippen LogP contribution in [0.4, 0.5) is 0 Å². The summed E-state index contributed by atoms with van der Waals surface area (Å²) < 4.78 is 5.71. The number of rotatable bonds is 5. The van der Waals surface area contributed by atoms with Crippen molar-refractivity contribution in [3.05, 3.63) is 65.7 Å². The first kappa shape index (κ1) is 12.7. The van der Waals surface area contributed by atoms with Gasteiger partial charge in [0, 0.05) is 6.04 Å². The lowest BCUT2D eigenvalue weighted by molar-refractivity contribution is 0.306. The lowest BCUT2D eigenvalue weighted by Crippen LogP contribution is -2.06. The van der Waals surface area contributed by atoms with Crippen LogP contribution in [0, 0.1) is 0 Å². The Morgan fingerprint density at radius 2 is 1.61 bits per heavy atom. The molecule has 0 saturated carbocycles. The number of nitrogens with one attached hydrogen (secondary N) is 1. The quantitative estimate of drug-likeness (QED) is 0.787. The Hall–Kier alpha value is -1.80. The molecular formula is C16H18NO. The third-order valence-electron chi connectivity index (χ3n) is 2.71. The highest BCUT2D eigenvalue weighted by Crippen LogP contribution is 2.15. The Kier molecular flexibility index (Phi) is 4.37. The van der Waals surface area contributed by atoms with Crippen molar-refractivity contribution >= 4 is 0 Å². The zero-order valence-electron chi connectivity index (χ0n) is 10.6. The molecule has 0 unspecified atom stereocenters. The topological polar surface area (TPSA) is 33.0 Å². The van der Waals surface area contributed by atoms with Crippen molar-refractivity contribution in [3.8, 4) is 5.75 Å². The van der Waals surface area contributed by atoms with Crippen molar-refractivity contribution in [2.24, 2.45) is 0 Å². The third kappa shape index (κ3) is 3.90. The molecule has 2 aromatic rings. The highest BCUT2D eigenvalue weighted by Gasteiger charge is 1.99. The summed E-state index contributed by atoms with van der Waals surface area (Å²) in [5.74, 6) is 0.875. The first-order chi connectivity index (χ1) is 8.74. The van der Waals surface area contributed by atoms with Crippen LogP contribution in [-0.4, -0.2) is 6.04 Å². The van der Waals surface area contributed by atoms with Crippen LogP contribution in [0.3, 0.4) is 0 Å². The standard InChI is InChI=1S/C16H18NO/c1-13(17)11-14-7-9-16(10-8-14)18-12-15-5-3-2-4-6-15/h2-10,13,17H,11-12H2,1H3/t13-/m1/s1. The molecule has 1 atom stereocenters. The van der Waals surface area contributed by atoms with Gasteiger partial charge in [-0.05, 0) is 36.6 Å². The van der Waals surface area contributed by atoms with E-state index in [0.717, 1.165) is 12.2 Å². The molecule has 0 saturated heterocycles. The predicted octanol–water partition coefficient (Wildman–Crippen LogP) is 3.48. The maximum absolute atomic E-state index is 7.53. The Bertz CT molecular complexity index is 462. The van der Waals surface area contributed by atoms with Crippen molar-refractivity contribution in [2.75, 3.05) is 0 Å². The van der Waals surface area contributed by atoms with Crippen LogP contribution in [0.5, 0.6) is 5.75 Å². The van der Waals surface area contributed by atoms with E-state index in [2.05, 4.69) is 12.1 Å². The van der Waals surface area contributed by atoms with Crippen molar-refractivity contribution in [1.82, 2.24) is 5.73 Å². The summed E-state index contributed by atoms with van der Waals surface area (Å²) in [6, 6.07) is 18.1.